The number of hydrogen-bond acceptors (Lipinski definition) is 3. The maximum Gasteiger partial charge on any atom is 0.176 e. The summed E-state index contributed by atoms with van der Waals surface area (Å²) < 4.78 is 0. The first-order valence-corrected chi connectivity index (χ1v) is 6.33. The molecule has 1 N–H and O–H groups in total. The Kier molecular flexibility index (Phi) is 3.35. The molecule has 2 rings (SSSR count). The predicted molar refractivity (Wildman–Crippen MR) is 68.4 cm³/mol. The van der Waals surface area contributed by atoms with E-state index in [9.17, 15) is 14.7 Å². The van der Waals surface area contributed by atoms with Crippen molar-refractivity contribution in [1.29, 1.82) is 0 Å². The molecule has 0 saturated carbocycles. The number of hydrogen-bond donors (Lipinski definition) is 1. The first kappa shape index (κ1) is 13.0. The zero-order valence-electron chi connectivity index (χ0n) is 10.8. The molecule has 3 heteroatoms. The molecule has 0 spiro atoms. The molecular formula is C15H18O3. The van der Waals surface area contributed by atoms with Crippen LogP contribution in [0.15, 0.2) is 24.3 Å². The van der Waals surface area contributed by atoms with Gasteiger partial charge in [-0.05, 0) is 18.8 Å². The monoisotopic (exact) mass is 246 g/mol. The van der Waals surface area contributed by atoms with Gasteiger partial charge >= 0.3 is 0 Å². The highest BCUT2D eigenvalue weighted by molar-refractivity contribution is 6.15. The molecule has 0 amide bonds. The molecule has 1 atom stereocenters. The summed E-state index contributed by atoms with van der Waals surface area (Å²) in [5.41, 5.74) is -0.510. The standard InChI is InChI=1S/C15H18O3/c1-10(2)7-8-15(18)12-6-4-3-5-11(12)13(16)9-14(15)17/h3-6,10,18H,7-9H2,1-2H3. The average molecular weight is 246 g/mol. The third-order valence-electron chi connectivity index (χ3n) is 3.54. The summed E-state index contributed by atoms with van der Waals surface area (Å²) in [6, 6.07) is 6.88. The second-order valence-corrected chi connectivity index (χ2v) is 5.36. The van der Waals surface area contributed by atoms with Crippen LogP contribution in [-0.2, 0) is 10.4 Å². The van der Waals surface area contributed by atoms with Gasteiger partial charge in [-0.2, -0.15) is 0 Å². The van der Waals surface area contributed by atoms with Gasteiger partial charge in [-0.3, -0.25) is 9.59 Å². The quantitative estimate of drug-likeness (QED) is 0.833. The molecule has 1 aliphatic rings. The fraction of sp³-hybridized carbons (Fsp3) is 0.467. The first-order chi connectivity index (χ1) is 8.45. The molecule has 1 aromatic rings. The maximum absolute atomic E-state index is 12.0. The van der Waals surface area contributed by atoms with Crippen LogP contribution in [0.25, 0.3) is 0 Å². The van der Waals surface area contributed by atoms with Crippen molar-refractivity contribution in [3.63, 3.8) is 0 Å². The van der Waals surface area contributed by atoms with E-state index in [-0.39, 0.29) is 18.0 Å². The van der Waals surface area contributed by atoms with Gasteiger partial charge in [0.05, 0.1) is 6.42 Å². The molecule has 1 aromatic carbocycles. The van der Waals surface area contributed by atoms with Crippen molar-refractivity contribution in [1.82, 2.24) is 0 Å². The number of carbonyl (C=O) groups excluding carboxylic acids is 2. The molecule has 3 nitrogen and oxygen atoms in total. The fourth-order valence-electron chi connectivity index (χ4n) is 2.40. The van der Waals surface area contributed by atoms with Crippen LogP contribution in [0.5, 0.6) is 0 Å². The number of aliphatic hydroxyl groups is 1. The molecule has 0 saturated heterocycles. The summed E-state index contributed by atoms with van der Waals surface area (Å²) >= 11 is 0. The van der Waals surface area contributed by atoms with Crippen LogP contribution in [0.2, 0.25) is 0 Å². The zero-order valence-corrected chi connectivity index (χ0v) is 10.8. The van der Waals surface area contributed by atoms with Crippen LogP contribution in [0.1, 0.15) is 49.0 Å². The van der Waals surface area contributed by atoms with E-state index in [4.69, 9.17) is 0 Å². The van der Waals surface area contributed by atoms with E-state index >= 15 is 0 Å². The van der Waals surface area contributed by atoms with E-state index in [0.29, 0.717) is 23.5 Å². The van der Waals surface area contributed by atoms with Crippen LogP contribution < -0.4 is 0 Å². The van der Waals surface area contributed by atoms with E-state index in [1.54, 1.807) is 24.3 Å². The minimum atomic E-state index is -1.48. The molecule has 1 aliphatic carbocycles. The Bertz CT molecular complexity index is 490. The number of ketones is 2. The highest BCUT2D eigenvalue weighted by Gasteiger charge is 2.44. The van der Waals surface area contributed by atoms with Gasteiger partial charge in [0.2, 0.25) is 0 Å². The second kappa shape index (κ2) is 4.65. The summed E-state index contributed by atoms with van der Waals surface area (Å²) in [5.74, 6) is -0.150. The molecule has 0 bridgehead atoms. The van der Waals surface area contributed by atoms with E-state index in [2.05, 4.69) is 0 Å². The van der Waals surface area contributed by atoms with Crippen molar-refractivity contribution in [3.8, 4) is 0 Å². The van der Waals surface area contributed by atoms with E-state index < -0.39 is 5.60 Å². The topological polar surface area (TPSA) is 54.4 Å². The summed E-state index contributed by atoms with van der Waals surface area (Å²) in [7, 11) is 0. The van der Waals surface area contributed by atoms with Crippen molar-refractivity contribution in [2.45, 2.75) is 38.7 Å². The highest BCUT2D eigenvalue weighted by atomic mass is 16.3. The Morgan fingerprint density at radius 3 is 2.61 bits per heavy atom. The Morgan fingerprint density at radius 2 is 1.94 bits per heavy atom. The number of rotatable bonds is 3. The van der Waals surface area contributed by atoms with Crippen molar-refractivity contribution in [2.75, 3.05) is 0 Å². The summed E-state index contributed by atoms with van der Waals surface area (Å²) in [6.07, 6.45) is 0.949. The summed E-state index contributed by atoms with van der Waals surface area (Å²) in [6.45, 7) is 4.10. The largest absolute Gasteiger partial charge is 0.377 e. The van der Waals surface area contributed by atoms with Crippen LogP contribution in [0.4, 0.5) is 0 Å². The van der Waals surface area contributed by atoms with Crippen LogP contribution in [0.3, 0.4) is 0 Å². The van der Waals surface area contributed by atoms with Crippen LogP contribution in [0, 0.1) is 5.92 Å². The van der Waals surface area contributed by atoms with Gasteiger partial charge < -0.3 is 5.11 Å². The Labute approximate surface area is 107 Å². The molecule has 0 fully saturated rings. The van der Waals surface area contributed by atoms with E-state index in [1.165, 1.54) is 0 Å². The number of carbonyl (C=O) groups is 2. The third kappa shape index (κ3) is 2.10. The molecule has 18 heavy (non-hydrogen) atoms. The number of benzene rings is 1. The first-order valence-electron chi connectivity index (χ1n) is 6.33. The molecule has 0 aromatic heterocycles. The van der Waals surface area contributed by atoms with Gasteiger partial charge in [0.15, 0.2) is 11.6 Å². The van der Waals surface area contributed by atoms with Crippen LogP contribution in [-0.4, -0.2) is 16.7 Å². The Balaban J connectivity index is 2.43. The minimum absolute atomic E-state index is 0.189. The van der Waals surface area contributed by atoms with Gasteiger partial charge in [0, 0.05) is 11.1 Å². The molecule has 0 aliphatic heterocycles. The van der Waals surface area contributed by atoms with Crippen molar-refractivity contribution >= 4 is 11.6 Å². The maximum atomic E-state index is 12.0. The van der Waals surface area contributed by atoms with Crippen molar-refractivity contribution < 1.29 is 14.7 Å². The third-order valence-corrected chi connectivity index (χ3v) is 3.54. The van der Waals surface area contributed by atoms with E-state index in [0.717, 1.165) is 6.42 Å². The van der Waals surface area contributed by atoms with Crippen LogP contribution >= 0.6 is 0 Å². The number of fused-ring (bicyclic) bond motifs is 1. The summed E-state index contributed by atoms with van der Waals surface area (Å²) in [4.78, 5) is 23.8. The van der Waals surface area contributed by atoms with Gasteiger partial charge in [0.25, 0.3) is 0 Å². The molecule has 0 heterocycles. The summed E-state index contributed by atoms with van der Waals surface area (Å²) in [5, 5.41) is 10.7. The highest BCUT2D eigenvalue weighted by Crippen LogP contribution is 2.36. The lowest BCUT2D eigenvalue weighted by Gasteiger charge is -2.32. The molecular weight excluding hydrogens is 228 g/mol. The minimum Gasteiger partial charge on any atom is -0.377 e. The fourth-order valence-corrected chi connectivity index (χ4v) is 2.40. The lowest BCUT2D eigenvalue weighted by atomic mass is 9.74. The lowest BCUT2D eigenvalue weighted by molar-refractivity contribution is -0.139. The molecule has 96 valence electrons. The Morgan fingerprint density at radius 1 is 1.28 bits per heavy atom. The average Bonchev–Trinajstić information content (AvgIpc) is 2.34. The van der Waals surface area contributed by atoms with Gasteiger partial charge in [0.1, 0.15) is 5.60 Å². The van der Waals surface area contributed by atoms with Crippen molar-refractivity contribution in [2.24, 2.45) is 5.92 Å². The Hall–Kier alpha value is -1.48. The molecule has 0 radical (unpaired) electrons. The predicted octanol–water partition coefficient (Wildman–Crippen LogP) is 2.47. The number of Topliss-reactive ketones (excluding diaryl/α,β-unsaturated/α-hetero) is 2. The SMILES string of the molecule is CC(C)CCC1(O)C(=O)CC(=O)c2ccccc21. The van der Waals surface area contributed by atoms with Gasteiger partial charge in [-0.1, -0.05) is 38.1 Å². The second-order valence-electron chi connectivity index (χ2n) is 5.36. The zero-order chi connectivity index (χ0) is 13.3. The lowest BCUT2D eigenvalue weighted by Crippen LogP contribution is -2.42. The smallest absolute Gasteiger partial charge is 0.176 e. The van der Waals surface area contributed by atoms with E-state index in [1.807, 2.05) is 13.8 Å². The van der Waals surface area contributed by atoms with Gasteiger partial charge in [-0.15, -0.1) is 0 Å². The normalized spacial score (nSPS) is 23.3. The van der Waals surface area contributed by atoms with Crippen molar-refractivity contribution in [3.05, 3.63) is 35.4 Å². The molecule has 1 unspecified atom stereocenters. The van der Waals surface area contributed by atoms with Gasteiger partial charge in [-0.25, -0.2) is 0 Å².